The molecular weight excluding hydrogens is 359 g/mol. The Morgan fingerprint density at radius 1 is 1.36 bits per heavy atom. The van der Waals surface area contributed by atoms with E-state index in [2.05, 4.69) is 5.32 Å². The van der Waals surface area contributed by atoms with E-state index in [0.29, 0.717) is 25.9 Å². The smallest absolute Gasteiger partial charge is 0.352 e. The highest BCUT2D eigenvalue weighted by Crippen LogP contribution is 2.34. The molecule has 1 heterocycles. The number of hydrogen-bond acceptors (Lipinski definition) is 3. The van der Waals surface area contributed by atoms with Crippen LogP contribution in [0.5, 0.6) is 0 Å². The van der Waals surface area contributed by atoms with Gasteiger partial charge in [-0.15, -0.1) is 12.4 Å². The Kier molecular flexibility index (Phi) is 7.25. The van der Waals surface area contributed by atoms with Gasteiger partial charge >= 0.3 is 6.18 Å². The van der Waals surface area contributed by atoms with Crippen molar-refractivity contribution in [1.82, 2.24) is 5.32 Å². The third kappa shape index (κ3) is 5.34. The zero-order valence-electron chi connectivity index (χ0n) is 13.7. The second kappa shape index (κ2) is 8.53. The van der Waals surface area contributed by atoms with Gasteiger partial charge in [-0.3, -0.25) is 9.59 Å². The van der Waals surface area contributed by atoms with E-state index in [1.54, 1.807) is 0 Å². The maximum atomic E-state index is 13.1. The fraction of sp³-hybridized carbons (Fsp3) is 0.500. The minimum Gasteiger partial charge on any atom is -0.352 e. The number of rotatable bonds is 5. The van der Waals surface area contributed by atoms with Crippen molar-refractivity contribution in [2.45, 2.75) is 25.9 Å². The number of nitrogens with zero attached hydrogens (tertiary/aromatic N) is 1. The first kappa shape index (κ1) is 21.2. The van der Waals surface area contributed by atoms with Gasteiger partial charge in [-0.1, -0.05) is 6.92 Å². The molecule has 0 bridgehead atoms. The first-order valence-electron chi connectivity index (χ1n) is 7.73. The molecule has 140 valence electrons. The van der Waals surface area contributed by atoms with Crippen molar-refractivity contribution in [2.75, 3.05) is 24.5 Å². The highest BCUT2D eigenvalue weighted by molar-refractivity contribution is 5.99. The quantitative estimate of drug-likeness (QED) is 0.825. The van der Waals surface area contributed by atoms with Crippen molar-refractivity contribution in [3.63, 3.8) is 0 Å². The molecule has 25 heavy (non-hydrogen) atoms. The standard InChI is InChI=1S/C16H20F3N3O2.ClH/c1-10(8-20)9-21-15(24)11-5-12(16(17,18)19)7-13(6-11)22-4-2-3-14(22)23;/h5-7,10H,2-4,8-9,20H2,1H3,(H,21,24);1H. The van der Waals surface area contributed by atoms with E-state index in [4.69, 9.17) is 5.73 Å². The van der Waals surface area contributed by atoms with Crippen LogP contribution in [0.2, 0.25) is 0 Å². The highest BCUT2D eigenvalue weighted by atomic mass is 35.5. The van der Waals surface area contributed by atoms with Crippen LogP contribution in [0.3, 0.4) is 0 Å². The van der Waals surface area contributed by atoms with Crippen molar-refractivity contribution in [2.24, 2.45) is 11.7 Å². The summed E-state index contributed by atoms with van der Waals surface area (Å²) in [4.78, 5) is 25.3. The molecule has 0 radical (unpaired) electrons. The molecular formula is C16H21ClF3N3O2. The normalized spacial score (nSPS) is 15.7. The number of carbonyl (C=O) groups is 2. The van der Waals surface area contributed by atoms with Crippen LogP contribution < -0.4 is 16.0 Å². The number of nitrogens with one attached hydrogen (secondary N) is 1. The summed E-state index contributed by atoms with van der Waals surface area (Å²) in [6, 6.07) is 3.02. The van der Waals surface area contributed by atoms with Crippen LogP contribution in [-0.2, 0) is 11.0 Å². The molecule has 0 saturated carbocycles. The van der Waals surface area contributed by atoms with Crippen LogP contribution in [0.4, 0.5) is 18.9 Å². The third-order valence-electron chi connectivity index (χ3n) is 3.91. The third-order valence-corrected chi connectivity index (χ3v) is 3.91. The van der Waals surface area contributed by atoms with Gasteiger partial charge in [0.25, 0.3) is 5.91 Å². The molecule has 0 aliphatic carbocycles. The summed E-state index contributed by atoms with van der Waals surface area (Å²) >= 11 is 0. The van der Waals surface area contributed by atoms with Crippen molar-refractivity contribution in [3.05, 3.63) is 29.3 Å². The lowest BCUT2D eigenvalue weighted by Crippen LogP contribution is -2.32. The zero-order chi connectivity index (χ0) is 17.9. The fourth-order valence-corrected chi connectivity index (χ4v) is 2.44. The zero-order valence-corrected chi connectivity index (χ0v) is 14.5. The Hall–Kier alpha value is -1.80. The molecule has 2 amide bonds. The molecule has 1 atom stereocenters. The van der Waals surface area contributed by atoms with Crippen molar-refractivity contribution in [3.8, 4) is 0 Å². The summed E-state index contributed by atoms with van der Waals surface area (Å²) in [5.74, 6) is -0.842. The van der Waals surface area contributed by atoms with Crippen LogP contribution in [0, 0.1) is 5.92 Å². The Balaban J connectivity index is 0.00000312. The average molecular weight is 380 g/mol. The Morgan fingerprint density at radius 3 is 2.56 bits per heavy atom. The van der Waals surface area contributed by atoms with E-state index in [1.165, 1.54) is 11.0 Å². The summed E-state index contributed by atoms with van der Waals surface area (Å²) in [6.07, 6.45) is -3.71. The van der Waals surface area contributed by atoms with Gasteiger partial charge in [0.15, 0.2) is 0 Å². The molecule has 1 unspecified atom stereocenters. The summed E-state index contributed by atoms with van der Waals surface area (Å²) in [5, 5.41) is 2.57. The van der Waals surface area contributed by atoms with E-state index < -0.39 is 17.6 Å². The SMILES string of the molecule is CC(CN)CNC(=O)c1cc(N2CCCC2=O)cc(C(F)(F)F)c1.Cl. The second-order valence-corrected chi connectivity index (χ2v) is 5.97. The molecule has 3 N–H and O–H groups in total. The van der Waals surface area contributed by atoms with Gasteiger partial charge in [0.2, 0.25) is 5.91 Å². The molecule has 1 saturated heterocycles. The lowest BCUT2D eigenvalue weighted by Gasteiger charge is -2.19. The molecule has 1 fully saturated rings. The van der Waals surface area contributed by atoms with E-state index >= 15 is 0 Å². The number of halogens is 4. The van der Waals surface area contributed by atoms with Crippen LogP contribution in [0.1, 0.15) is 35.7 Å². The van der Waals surface area contributed by atoms with E-state index in [9.17, 15) is 22.8 Å². The molecule has 0 aromatic heterocycles. The van der Waals surface area contributed by atoms with Crippen molar-refractivity contribution >= 4 is 29.9 Å². The number of hydrogen-bond donors (Lipinski definition) is 2. The largest absolute Gasteiger partial charge is 0.416 e. The van der Waals surface area contributed by atoms with Crippen LogP contribution in [0.15, 0.2) is 18.2 Å². The molecule has 0 spiro atoms. The predicted octanol–water partition coefficient (Wildman–Crippen LogP) is 2.58. The monoisotopic (exact) mass is 379 g/mol. The number of alkyl halides is 3. The van der Waals surface area contributed by atoms with Crippen molar-refractivity contribution in [1.29, 1.82) is 0 Å². The molecule has 1 aliphatic heterocycles. The summed E-state index contributed by atoms with van der Waals surface area (Å²) in [7, 11) is 0. The lowest BCUT2D eigenvalue weighted by molar-refractivity contribution is -0.137. The molecule has 1 aliphatic rings. The molecule has 9 heteroatoms. The van der Waals surface area contributed by atoms with Gasteiger partial charge in [-0.2, -0.15) is 13.2 Å². The molecule has 1 aromatic carbocycles. The second-order valence-electron chi connectivity index (χ2n) is 5.97. The van der Waals surface area contributed by atoms with E-state index in [0.717, 1.165) is 12.1 Å². The van der Waals surface area contributed by atoms with Gasteiger partial charge in [0, 0.05) is 30.8 Å². The van der Waals surface area contributed by atoms with Gasteiger partial charge in [-0.25, -0.2) is 0 Å². The Morgan fingerprint density at radius 2 is 2.04 bits per heavy atom. The first-order valence-corrected chi connectivity index (χ1v) is 7.73. The van der Waals surface area contributed by atoms with Gasteiger partial charge < -0.3 is 16.0 Å². The summed E-state index contributed by atoms with van der Waals surface area (Å²) < 4.78 is 39.3. The number of benzene rings is 1. The van der Waals surface area contributed by atoms with Gasteiger partial charge in [0.05, 0.1) is 5.56 Å². The van der Waals surface area contributed by atoms with E-state index in [1.807, 2.05) is 6.92 Å². The van der Waals surface area contributed by atoms with Crippen LogP contribution in [0.25, 0.3) is 0 Å². The summed E-state index contributed by atoms with van der Waals surface area (Å²) in [6.45, 7) is 2.80. The number of amides is 2. The lowest BCUT2D eigenvalue weighted by atomic mass is 10.1. The van der Waals surface area contributed by atoms with Crippen LogP contribution >= 0.6 is 12.4 Å². The maximum absolute atomic E-state index is 13.1. The Bertz CT molecular complexity index is 638. The maximum Gasteiger partial charge on any atom is 0.416 e. The van der Waals surface area contributed by atoms with E-state index in [-0.39, 0.29) is 42.0 Å². The van der Waals surface area contributed by atoms with Gasteiger partial charge in [-0.05, 0) is 37.1 Å². The number of carbonyl (C=O) groups excluding carboxylic acids is 2. The highest BCUT2D eigenvalue weighted by Gasteiger charge is 2.33. The minimum atomic E-state index is -4.60. The Labute approximate surface area is 150 Å². The number of anilines is 1. The summed E-state index contributed by atoms with van der Waals surface area (Å²) in [5.41, 5.74) is 4.49. The molecule has 5 nitrogen and oxygen atoms in total. The average Bonchev–Trinajstić information content (AvgIpc) is 2.97. The topological polar surface area (TPSA) is 75.4 Å². The number of nitrogens with two attached hydrogens (primary N) is 1. The fourth-order valence-electron chi connectivity index (χ4n) is 2.44. The molecule has 1 aromatic rings. The van der Waals surface area contributed by atoms with Crippen LogP contribution in [-0.4, -0.2) is 31.4 Å². The predicted molar refractivity (Wildman–Crippen MR) is 90.8 cm³/mol. The van der Waals surface area contributed by atoms with Crippen molar-refractivity contribution < 1.29 is 22.8 Å². The first-order chi connectivity index (χ1) is 11.2. The van der Waals surface area contributed by atoms with Gasteiger partial charge in [0.1, 0.15) is 0 Å². The molecule has 2 rings (SSSR count). The minimum absolute atomic E-state index is 0.